The summed E-state index contributed by atoms with van der Waals surface area (Å²) in [7, 11) is -2.14. The zero-order valence-electron chi connectivity index (χ0n) is 19.4. The highest BCUT2D eigenvalue weighted by Gasteiger charge is 2.47. The Hall–Kier alpha value is -2.74. The molecular weight excluding hydrogens is 508 g/mol. The fourth-order valence-corrected chi connectivity index (χ4v) is 5.71. The molecule has 1 unspecified atom stereocenters. The summed E-state index contributed by atoms with van der Waals surface area (Å²) in [5.74, 6) is -2.61. The second kappa shape index (κ2) is 11.1. The van der Waals surface area contributed by atoms with Crippen molar-refractivity contribution in [2.24, 2.45) is 0 Å². The number of ether oxygens (including phenoxy) is 2. The van der Waals surface area contributed by atoms with Crippen LogP contribution in [0.3, 0.4) is 0 Å². The SMILES string of the molecule is COCCN1CC2(CCN(Cc3ccccc3F)C2)Oc2ccccc2S1(=O)=O.O=C(O)C(F)(F)F. The molecule has 2 aliphatic rings. The second-order valence-electron chi connectivity index (χ2n) is 8.42. The van der Waals surface area contributed by atoms with Gasteiger partial charge in [-0.25, -0.2) is 17.6 Å². The molecule has 2 aromatic rings. The van der Waals surface area contributed by atoms with Gasteiger partial charge in [0.1, 0.15) is 22.1 Å². The van der Waals surface area contributed by atoms with Gasteiger partial charge in [0.2, 0.25) is 10.0 Å². The molecule has 0 bridgehead atoms. The molecule has 1 spiro atoms. The molecule has 2 aliphatic heterocycles. The summed E-state index contributed by atoms with van der Waals surface area (Å²) < 4.78 is 85.2. The van der Waals surface area contributed by atoms with Crippen molar-refractivity contribution < 1.29 is 45.4 Å². The molecule has 4 rings (SSSR count). The van der Waals surface area contributed by atoms with E-state index in [0.717, 1.165) is 0 Å². The zero-order valence-corrected chi connectivity index (χ0v) is 20.2. The molecule has 0 aromatic heterocycles. The molecule has 2 aromatic carbocycles. The average molecular weight is 535 g/mol. The first kappa shape index (κ1) is 27.8. The van der Waals surface area contributed by atoms with Crippen LogP contribution in [-0.2, 0) is 26.1 Å². The van der Waals surface area contributed by atoms with Gasteiger partial charge in [0.25, 0.3) is 0 Å². The van der Waals surface area contributed by atoms with Gasteiger partial charge < -0.3 is 14.6 Å². The number of halogens is 4. The number of aliphatic carboxylic acids is 1. The number of para-hydroxylation sites is 1. The Balaban J connectivity index is 0.000000454. The van der Waals surface area contributed by atoms with Crippen LogP contribution in [0.15, 0.2) is 53.4 Å². The van der Waals surface area contributed by atoms with Gasteiger partial charge in [-0.3, -0.25) is 4.90 Å². The molecule has 198 valence electrons. The number of carboxylic acids is 1. The lowest BCUT2D eigenvalue weighted by Gasteiger charge is -2.32. The predicted molar refractivity (Wildman–Crippen MR) is 120 cm³/mol. The van der Waals surface area contributed by atoms with Gasteiger partial charge in [0, 0.05) is 45.3 Å². The normalized spacial score (nSPS) is 21.7. The Kier molecular flexibility index (Phi) is 8.59. The lowest BCUT2D eigenvalue weighted by atomic mass is 10.0. The number of hydrogen-bond donors (Lipinski definition) is 1. The van der Waals surface area contributed by atoms with Crippen molar-refractivity contribution >= 4 is 16.0 Å². The van der Waals surface area contributed by atoms with Gasteiger partial charge >= 0.3 is 12.1 Å². The van der Waals surface area contributed by atoms with E-state index in [0.29, 0.717) is 44.0 Å². The van der Waals surface area contributed by atoms with Crippen molar-refractivity contribution in [1.29, 1.82) is 0 Å². The minimum Gasteiger partial charge on any atom is -0.483 e. The summed E-state index contributed by atoms with van der Waals surface area (Å²) in [5, 5.41) is 7.12. The Morgan fingerprint density at radius 1 is 1.14 bits per heavy atom. The maximum atomic E-state index is 14.1. The molecule has 36 heavy (non-hydrogen) atoms. The number of fused-ring (bicyclic) bond motifs is 1. The van der Waals surface area contributed by atoms with Crippen LogP contribution in [0.25, 0.3) is 0 Å². The highest BCUT2D eigenvalue weighted by molar-refractivity contribution is 7.89. The monoisotopic (exact) mass is 534 g/mol. The van der Waals surface area contributed by atoms with E-state index in [4.69, 9.17) is 19.4 Å². The molecule has 13 heteroatoms. The number of alkyl halides is 3. The number of carbonyl (C=O) groups is 1. The molecular formula is C23H26F4N2O6S. The Morgan fingerprint density at radius 3 is 2.42 bits per heavy atom. The van der Waals surface area contributed by atoms with E-state index in [9.17, 15) is 26.0 Å². The van der Waals surface area contributed by atoms with E-state index in [-0.39, 0.29) is 23.8 Å². The number of benzene rings is 2. The molecule has 0 saturated carbocycles. The second-order valence-corrected chi connectivity index (χ2v) is 10.3. The van der Waals surface area contributed by atoms with E-state index in [1.165, 1.54) is 10.4 Å². The standard InChI is InChI=1S/C21H25FN2O4S.C2HF3O2/c1-27-13-12-24-16-21(28-19-8-4-5-9-20(19)29(24,25)26)10-11-23(15-21)14-17-6-2-3-7-18(17)22;3-2(4,5)1(6)7/h2-9H,10-16H2,1H3;(H,6,7). The van der Waals surface area contributed by atoms with Crippen LogP contribution in [0, 0.1) is 5.82 Å². The minimum absolute atomic E-state index is 0.181. The third kappa shape index (κ3) is 6.52. The summed E-state index contributed by atoms with van der Waals surface area (Å²) in [5.41, 5.74) is -0.0546. The highest BCUT2D eigenvalue weighted by Crippen LogP contribution is 2.38. The average Bonchev–Trinajstić information content (AvgIpc) is 3.16. The van der Waals surface area contributed by atoms with E-state index < -0.39 is 27.8 Å². The molecule has 8 nitrogen and oxygen atoms in total. The van der Waals surface area contributed by atoms with E-state index in [2.05, 4.69) is 4.90 Å². The van der Waals surface area contributed by atoms with Crippen LogP contribution in [0.4, 0.5) is 17.6 Å². The van der Waals surface area contributed by atoms with Gasteiger partial charge in [-0.15, -0.1) is 0 Å². The number of nitrogens with zero attached hydrogens (tertiary/aromatic N) is 2. The van der Waals surface area contributed by atoms with Crippen molar-refractivity contribution in [3.63, 3.8) is 0 Å². The number of carboxylic acid groups (broad SMARTS) is 1. The van der Waals surface area contributed by atoms with Crippen LogP contribution < -0.4 is 4.74 Å². The van der Waals surface area contributed by atoms with E-state index in [1.807, 2.05) is 6.07 Å². The number of rotatable bonds is 5. The highest BCUT2D eigenvalue weighted by atomic mass is 32.2. The van der Waals surface area contributed by atoms with Crippen LogP contribution in [0.5, 0.6) is 5.75 Å². The Labute approximate surface area is 206 Å². The molecule has 2 heterocycles. The van der Waals surface area contributed by atoms with Gasteiger partial charge in [-0.05, 0) is 18.2 Å². The van der Waals surface area contributed by atoms with Crippen LogP contribution in [0.2, 0.25) is 0 Å². The number of hydrogen-bond acceptors (Lipinski definition) is 6. The molecule has 1 saturated heterocycles. The molecule has 1 fully saturated rings. The lowest BCUT2D eigenvalue weighted by molar-refractivity contribution is -0.192. The van der Waals surface area contributed by atoms with Crippen molar-refractivity contribution in [1.82, 2.24) is 9.21 Å². The molecule has 1 atom stereocenters. The predicted octanol–water partition coefficient (Wildman–Crippen LogP) is 3.13. The summed E-state index contributed by atoms with van der Waals surface area (Å²) in [6, 6.07) is 13.5. The third-order valence-corrected chi connectivity index (χ3v) is 7.68. The maximum absolute atomic E-state index is 14.1. The quantitative estimate of drug-likeness (QED) is 0.589. The lowest BCUT2D eigenvalue weighted by Crippen LogP contribution is -2.49. The Morgan fingerprint density at radius 2 is 1.78 bits per heavy atom. The summed E-state index contributed by atoms with van der Waals surface area (Å²) in [6.07, 6.45) is -4.42. The number of likely N-dealkylation sites (tertiary alicyclic amines) is 1. The minimum atomic E-state index is -5.08. The molecule has 0 radical (unpaired) electrons. The van der Waals surface area contributed by atoms with E-state index >= 15 is 0 Å². The molecule has 1 N–H and O–H groups in total. The smallest absolute Gasteiger partial charge is 0.483 e. The van der Waals surface area contributed by atoms with Crippen molar-refractivity contribution in [2.45, 2.75) is 29.6 Å². The van der Waals surface area contributed by atoms with Crippen LogP contribution >= 0.6 is 0 Å². The third-order valence-electron chi connectivity index (χ3n) is 5.79. The Bertz CT molecular complexity index is 1180. The fourth-order valence-electron chi connectivity index (χ4n) is 4.09. The number of methoxy groups -OCH3 is 1. The first-order valence-electron chi connectivity index (χ1n) is 10.9. The summed E-state index contributed by atoms with van der Waals surface area (Å²) in [4.78, 5) is 11.2. The maximum Gasteiger partial charge on any atom is 0.490 e. The topological polar surface area (TPSA) is 96.4 Å². The van der Waals surface area contributed by atoms with Gasteiger partial charge in [0.15, 0.2) is 0 Å². The van der Waals surface area contributed by atoms with E-state index in [1.54, 1.807) is 43.5 Å². The van der Waals surface area contributed by atoms with Gasteiger partial charge in [0.05, 0.1) is 13.2 Å². The summed E-state index contributed by atoms with van der Waals surface area (Å²) in [6.45, 7) is 2.48. The van der Waals surface area contributed by atoms with Crippen molar-refractivity contribution in [2.75, 3.05) is 39.9 Å². The molecule has 0 amide bonds. The van der Waals surface area contributed by atoms with Gasteiger partial charge in [-0.1, -0.05) is 30.3 Å². The van der Waals surface area contributed by atoms with Crippen LogP contribution in [0.1, 0.15) is 12.0 Å². The molecule has 0 aliphatic carbocycles. The largest absolute Gasteiger partial charge is 0.490 e. The van der Waals surface area contributed by atoms with Crippen molar-refractivity contribution in [3.05, 3.63) is 59.9 Å². The zero-order chi connectivity index (χ0) is 26.6. The first-order valence-corrected chi connectivity index (χ1v) is 12.3. The van der Waals surface area contributed by atoms with Crippen LogP contribution in [-0.4, -0.2) is 80.4 Å². The number of sulfonamides is 1. The van der Waals surface area contributed by atoms with Crippen molar-refractivity contribution in [3.8, 4) is 5.75 Å². The first-order chi connectivity index (χ1) is 16.9. The van der Waals surface area contributed by atoms with Gasteiger partial charge in [-0.2, -0.15) is 17.5 Å². The summed E-state index contributed by atoms with van der Waals surface area (Å²) >= 11 is 0. The fraction of sp³-hybridized carbons (Fsp3) is 0.435.